The molecule has 0 aliphatic rings. The number of amides is 2. The number of benzene rings is 2. The summed E-state index contributed by atoms with van der Waals surface area (Å²) in [4.78, 5) is 31.9. The third-order valence-corrected chi connectivity index (χ3v) is 8.99. The van der Waals surface area contributed by atoms with Gasteiger partial charge in [-0.25, -0.2) is 8.51 Å². The SMILES string of the molecule is CN(C(=O)[C@@H](Cc1ccc2ccccc2c1)N(C)C(=O)/C=C/CC(C)(C)N)[C@H](Cc1cccs1)CN(C)S(C)=O. The molecule has 1 heterocycles. The molecule has 0 fully saturated rings. The van der Waals surface area contributed by atoms with Gasteiger partial charge in [0.2, 0.25) is 11.8 Å². The van der Waals surface area contributed by atoms with Gasteiger partial charge in [-0.3, -0.25) is 9.59 Å². The van der Waals surface area contributed by atoms with Crippen molar-refractivity contribution < 1.29 is 13.8 Å². The molecule has 0 aliphatic heterocycles. The van der Waals surface area contributed by atoms with E-state index in [1.165, 1.54) is 11.0 Å². The lowest BCUT2D eigenvalue weighted by atomic mass is 9.99. The molecule has 2 amide bonds. The van der Waals surface area contributed by atoms with Crippen molar-refractivity contribution in [2.45, 2.75) is 50.7 Å². The summed E-state index contributed by atoms with van der Waals surface area (Å²) < 4.78 is 13.9. The highest BCUT2D eigenvalue weighted by Crippen LogP contribution is 2.21. The molecule has 0 saturated carbocycles. The van der Waals surface area contributed by atoms with Gasteiger partial charge in [0.15, 0.2) is 0 Å². The van der Waals surface area contributed by atoms with E-state index in [9.17, 15) is 13.8 Å². The Morgan fingerprint density at radius 2 is 1.70 bits per heavy atom. The van der Waals surface area contributed by atoms with Crippen molar-refractivity contribution in [2.24, 2.45) is 5.73 Å². The smallest absolute Gasteiger partial charge is 0.246 e. The summed E-state index contributed by atoms with van der Waals surface area (Å²) in [5, 5.41) is 4.22. The van der Waals surface area contributed by atoms with E-state index in [0.29, 0.717) is 25.8 Å². The molecule has 3 aromatic rings. The zero-order chi connectivity index (χ0) is 29.4. The maximum absolute atomic E-state index is 14.2. The second-order valence-corrected chi connectivity index (χ2v) is 13.6. The maximum atomic E-state index is 14.2. The summed E-state index contributed by atoms with van der Waals surface area (Å²) in [6.07, 6.45) is 6.45. The van der Waals surface area contributed by atoms with Crippen LogP contribution in [-0.4, -0.2) is 81.7 Å². The van der Waals surface area contributed by atoms with Crippen LogP contribution >= 0.6 is 11.3 Å². The van der Waals surface area contributed by atoms with Crippen LogP contribution in [0.3, 0.4) is 0 Å². The van der Waals surface area contributed by atoms with Gasteiger partial charge >= 0.3 is 0 Å². The fourth-order valence-corrected chi connectivity index (χ4v) is 5.67. The van der Waals surface area contributed by atoms with E-state index in [2.05, 4.69) is 12.1 Å². The average molecular weight is 583 g/mol. The molecule has 0 saturated heterocycles. The van der Waals surface area contributed by atoms with Gasteiger partial charge in [-0.2, -0.15) is 0 Å². The predicted octanol–water partition coefficient (Wildman–Crippen LogP) is 4.25. The molecule has 0 radical (unpaired) electrons. The van der Waals surface area contributed by atoms with Gasteiger partial charge in [0, 0.05) is 56.2 Å². The normalized spacial score (nSPS) is 14.4. The first-order valence-corrected chi connectivity index (χ1v) is 15.8. The van der Waals surface area contributed by atoms with E-state index >= 15 is 0 Å². The van der Waals surface area contributed by atoms with Gasteiger partial charge < -0.3 is 15.5 Å². The molecular formula is C31H42N4O3S2. The Hall–Kier alpha value is -2.85. The molecule has 3 rings (SSSR count). The van der Waals surface area contributed by atoms with Crippen LogP contribution in [0.4, 0.5) is 0 Å². The van der Waals surface area contributed by atoms with Gasteiger partial charge in [-0.15, -0.1) is 11.3 Å². The van der Waals surface area contributed by atoms with Crippen LogP contribution in [0.25, 0.3) is 10.8 Å². The molecule has 9 heteroatoms. The average Bonchev–Trinajstić information content (AvgIpc) is 3.42. The largest absolute Gasteiger partial charge is 0.339 e. The minimum atomic E-state index is -1.18. The second kappa shape index (κ2) is 14.2. The lowest BCUT2D eigenvalue weighted by Gasteiger charge is -2.36. The monoisotopic (exact) mass is 582 g/mol. The van der Waals surface area contributed by atoms with E-state index in [1.54, 1.807) is 54.0 Å². The first-order chi connectivity index (χ1) is 18.9. The van der Waals surface area contributed by atoms with Crippen molar-refractivity contribution in [3.05, 3.63) is 82.6 Å². The Balaban J connectivity index is 1.93. The van der Waals surface area contributed by atoms with Crippen LogP contribution in [-0.2, 0) is 33.4 Å². The van der Waals surface area contributed by atoms with Crippen LogP contribution in [0, 0.1) is 0 Å². The highest BCUT2D eigenvalue weighted by molar-refractivity contribution is 7.81. The zero-order valence-corrected chi connectivity index (χ0v) is 26.0. The number of carbonyl (C=O) groups excluding carboxylic acids is 2. The highest BCUT2D eigenvalue weighted by atomic mass is 32.2. The Labute approximate surface area is 245 Å². The molecule has 2 N–H and O–H groups in total. The van der Waals surface area contributed by atoms with Crippen LogP contribution in [0.1, 0.15) is 30.7 Å². The van der Waals surface area contributed by atoms with Crippen LogP contribution in [0.5, 0.6) is 0 Å². The van der Waals surface area contributed by atoms with Gasteiger partial charge in [0.05, 0.1) is 11.0 Å². The Bertz CT molecular complexity index is 1330. The topological polar surface area (TPSA) is 86.9 Å². The molecule has 216 valence electrons. The molecule has 40 heavy (non-hydrogen) atoms. The lowest BCUT2D eigenvalue weighted by Crippen LogP contribution is -2.54. The first kappa shape index (κ1) is 31.7. The molecular weight excluding hydrogens is 541 g/mol. The van der Waals surface area contributed by atoms with E-state index in [1.807, 2.05) is 61.7 Å². The summed E-state index contributed by atoms with van der Waals surface area (Å²) in [6, 6.07) is 17.3. The third-order valence-electron chi connectivity index (χ3n) is 7.07. The van der Waals surface area contributed by atoms with Crippen LogP contribution in [0.2, 0.25) is 0 Å². The van der Waals surface area contributed by atoms with Crippen molar-refractivity contribution in [1.29, 1.82) is 0 Å². The number of nitrogens with zero attached hydrogens (tertiary/aromatic N) is 3. The quantitative estimate of drug-likeness (QED) is 0.305. The Morgan fingerprint density at radius 1 is 1.00 bits per heavy atom. The van der Waals surface area contributed by atoms with Gasteiger partial charge in [0.1, 0.15) is 6.04 Å². The molecule has 2 aromatic carbocycles. The van der Waals surface area contributed by atoms with Crippen LogP contribution in [0.15, 0.2) is 72.1 Å². The summed E-state index contributed by atoms with van der Waals surface area (Å²) in [6.45, 7) is 4.25. The fraction of sp³-hybridized carbons (Fsp3) is 0.419. The number of carbonyl (C=O) groups is 2. The molecule has 1 aromatic heterocycles. The lowest BCUT2D eigenvalue weighted by molar-refractivity contribution is -0.143. The molecule has 0 aliphatic carbocycles. The van der Waals surface area contributed by atoms with Crippen molar-refractivity contribution >= 4 is 44.9 Å². The van der Waals surface area contributed by atoms with Gasteiger partial charge in [-0.1, -0.05) is 54.6 Å². The number of rotatable bonds is 13. The van der Waals surface area contributed by atoms with Gasteiger partial charge in [-0.05, 0) is 61.2 Å². The number of hydrogen-bond acceptors (Lipinski definition) is 5. The third kappa shape index (κ3) is 9.09. The first-order valence-electron chi connectivity index (χ1n) is 13.4. The summed E-state index contributed by atoms with van der Waals surface area (Å²) >= 11 is 1.63. The summed E-state index contributed by atoms with van der Waals surface area (Å²) in [5.41, 5.74) is 6.62. The van der Waals surface area contributed by atoms with E-state index < -0.39 is 22.6 Å². The molecule has 0 bridgehead atoms. The molecule has 3 atom stereocenters. The predicted molar refractivity (Wildman–Crippen MR) is 168 cm³/mol. The van der Waals surface area contributed by atoms with E-state index in [4.69, 9.17) is 5.73 Å². The summed E-state index contributed by atoms with van der Waals surface area (Å²) in [7, 11) is 4.08. The van der Waals surface area contributed by atoms with Crippen molar-refractivity contribution in [2.75, 3.05) is 33.9 Å². The maximum Gasteiger partial charge on any atom is 0.246 e. The van der Waals surface area contributed by atoms with Gasteiger partial charge in [0.25, 0.3) is 0 Å². The minimum absolute atomic E-state index is 0.159. The number of fused-ring (bicyclic) bond motifs is 1. The molecule has 0 spiro atoms. The molecule has 7 nitrogen and oxygen atoms in total. The number of nitrogens with two attached hydrogens (primary N) is 1. The number of thiophene rings is 1. The van der Waals surface area contributed by atoms with Crippen LogP contribution < -0.4 is 5.73 Å². The summed E-state index contributed by atoms with van der Waals surface area (Å²) in [5.74, 6) is -0.410. The van der Waals surface area contributed by atoms with E-state index in [0.717, 1.165) is 21.2 Å². The molecule has 1 unspecified atom stereocenters. The zero-order valence-electron chi connectivity index (χ0n) is 24.4. The second-order valence-electron chi connectivity index (χ2n) is 11.1. The number of likely N-dealkylation sites (N-methyl/N-ethyl adjacent to an activating group) is 3. The Morgan fingerprint density at radius 3 is 2.33 bits per heavy atom. The van der Waals surface area contributed by atoms with Crippen molar-refractivity contribution in [3.63, 3.8) is 0 Å². The highest BCUT2D eigenvalue weighted by Gasteiger charge is 2.33. The van der Waals surface area contributed by atoms with E-state index in [-0.39, 0.29) is 17.9 Å². The van der Waals surface area contributed by atoms with Crippen molar-refractivity contribution in [3.8, 4) is 0 Å². The van der Waals surface area contributed by atoms with Crippen molar-refractivity contribution in [1.82, 2.24) is 14.1 Å². The fourth-order valence-electron chi connectivity index (χ4n) is 4.52. The minimum Gasteiger partial charge on any atom is -0.339 e. The number of hydrogen-bond donors (Lipinski definition) is 1. The standard InChI is InChI=1S/C31H42N4O3S2/c1-31(2,32)17-9-14-29(36)35(5)28(20-23-15-16-24-11-7-8-12-25(24)19-23)30(37)34(4)26(22-33(3)40(6)38)21-27-13-10-18-39-27/h7-16,18-19,26,28H,17,20-22,32H2,1-6H3/b14-9+/t26-,28-,40?/m1/s1. The Kier molecular flexibility index (Phi) is 11.2.